The van der Waals surface area contributed by atoms with Crippen LogP contribution in [0.2, 0.25) is 5.02 Å². The maximum atomic E-state index is 12.8. The molecule has 2 aliphatic rings. The second-order valence-corrected chi connectivity index (χ2v) is 8.52. The number of fused-ring (bicyclic) bond motifs is 3. The molecule has 160 valence electrons. The molecule has 3 aromatic carbocycles. The van der Waals surface area contributed by atoms with Crippen LogP contribution in [0.4, 0.5) is 17.1 Å². The minimum atomic E-state index is -0.467. The zero-order valence-electron chi connectivity index (χ0n) is 17.0. The summed E-state index contributed by atoms with van der Waals surface area (Å²) in [6.07, 6.45) is 5.40. The van der Waals surface area contributed by atoms with Crippen molar-refractivity contribution < 1.29 is 9.72 Å². The van der Waals surface area contributed by atoms with Crippen molar-refractivity contribution in [1.82, 2.24) is 0 Å². The summed E-state index contributed by atoms with van der Waals surface area (Å²) in [5, 5.41) is 18.0. The molecular formula is C25H20ClN3O3. The van der Waals surface area contributed by atoms with Crippen molar-refractivity contribution in [3.8, 4) is 0 Å². The first kappa shape index (κ1) is 20.3. The quantitative estimate of drug-likeness (QED) is 0.279. The van der Waals surface area contributed by atoms with Gasteiger partial charge < -0.3 is 10.6 Å². The summed E-state index contributed by atoms with van der Waals surface area (Å²) in [5.41, 5.74) is 4.36. The number of anilines is 2. The van der Waals surface area contributed by atoms with E-state index in [9.17, 15) is 14.9 Å². The van der Waals surface area contributed by atoms with E-state index < -0.39 is 4.92 Å². The van der Waals surface area contributed by atoms with Gasteiger partial charge in [-0.2, -0.15) is 0 Å². The van der Waals surface area contributed by atoms with E-state index in [0.29, 0.717) is 17.2 Å². The Morgan fingerprint density at radius 3 is 2.53 bits per heavy atom. The third kappa shape index (κ3) is 3.74. The van der Waals surface area contributed by atoms with Crippen LogP contribution in [0.25, 0.3) is 0 Å². The predicted octanol–water partition coefficient (Wildman–Crippen LogP) is 6.33. The van der Waals surface area contributed by atoms with Crippen molar-refractivity contribution in [3.63, 3.8) is 0 Å². The Labute approximate surface area is 190 Å². The Hall–Kier alpha value is -3.64. The molecule has 1 amide bonds. The zero-order chi connectivity index (χ0) is 22.2. The number of halogens is 1. The highest BCUT2D eigenvalue weighted by atomic mass is 35.5. The van der Waals surface area contributed by atoms with Crippen molar-refractivity contribution in [3.05, 3.63) is 111 Å². The first-order valence-corrected chi connectivity index (χ1v) is 10.8. The van der Waals surface area contributed by atoms with Crippen LogP contribution in [0, 0.1) is 16.0 Å². The molecular weight excluding hydrogens is 426 g/mol. The van der Waals surface area contributed by atoms with Crippen LogP contribution in [-0.4, -0.2) is 10.8 Å². The van der Waals surface area contributed by atoms with Gasteiger partial charge in [-0.3, -0.25) is 14.9 Å². The van der Waals surface area contributed by atoms with Crippen molar-refractivity contribution in [2.45, 2.75) is 18.4 Å². The van der Waals surface area contributed by atoms with Gasteiger partial charge in [0, 0.05) is 40.0 Å². The number of amides is 1. The number of carbonyl (C=O) groups excluding carboxylic acids is 1. The average Bonchev–Trinajstić information content (AvgIpc) is 3.29. The molecule has 0 saturated heterocycles. The molecule has 0 fully saturated rings. The summed E-state index contributed by atoms with van der Waals surface area (Å²) in [4.78, 5) is 23.2. The molecule has 32 heavy (non-hydrogen) atoms. The first-order valence-electron chi connectivity index (χ1n) is 10.4. The van der Waals surface area contributed by atoms with Crippen LogP contribution < -0.4 is 10.6 Å². The molecule has 3 atom stereocenters. The molecule has 0 bridgehead atoms. The summed E-state index contributed by atoms with van der Waals surface area (Å²) in [6.45, 7) is 0. The third-order valence-electron chi connectivity index (χ3n) is 6.19. The van der Waals surface area contributed by atoms with E-state index in [-0.39, 0.29) is 23.6 Å². The SMILES string of the molecule is O=C(Nc1ccc([N+](=O)[O-])cc1)c1ccc2c(c1)[C@H]1C=CC[C@@H]1[C@@H](c1ccc(Cl)cc1)N2. The van der Waals surface area contributed by atoms with E-state index in [2.05, 4.69) is 34.9 Å². The summed E-state index contributed by atoms with van der Waals surface area (Å²) in [7, 11) is 0. The standard InChI is InChI=1S/C25H20ClN3O3/c26-17-7-4-15(5-8-17)24-21-3-1-2-20(21)22-14-16(6-13-23(22)28-24)25(30)27-18-9-11-19(12-10-18)29(31)32/h1-2,4-14,20-21,24,28H,3H2,(H,27,30)/t20-,21-,24+/m0/s1. The number of benzene rings is 3. The molecule has 6 nitrogen and oxygen atoms in total. The average molecular weight is 446 g/mol. The molecule has 5 rings (SSSR count). The van der Waals surface area contributed by atoms with Crippen molar-refractivity contribution in [2.24, 2.45) is 5.92 Å². The van der Waals surface area contributed by atoms with Crippen LogP contribution >= 0.6 is 11.6 Å². The smallest absolute Gasteiger partial charge is 0.269 e. The van der Waals surface area contributed by atoms with Gasteiger partial charge in [-0.15, -0.1) is 0 Å². The van der Waals surface area contributed by atoms with Crippen molar-refractivity contribution >= 4 is 34.6 Å². The minimum absolute atomic E-state index is 0.0165. The molecule has 0 unspecified atom stereocenters. The first-order chi connectivity index (χ1) is 15.5. The van der Waals surface area contributed by atoms with Crippen molar-refractivity contribution in [1.29, 1.82) is 0 Å². The Bertz CT molecular complexity index is 1220. The number of nitrogens with zero attached hydrogens (tertiary/aromatic N) is 1. The van der Waals surface area contributed by atoms with E-state index >= 15 is 0 Å². The summed E-state index contributed by atoms with van der Waals surface area (Å²) in [5.74, 6) is 0.329. The third-order valence-corrected chi connectivity index (χ3v) is 6.44. The Morgan fingerprint density at radius 2 is 1.81 bits per heavy atom. The van der Waals surface area contributed by atoms with Gasteiger partial charge in [-0.25, -0.2) is 0 Å². The summed E-state index contributed by atoms with van der Waals surface area (Å²) < 4.78 is 0. The second kappa shape index (κ2) is 8.13. The molecule has 0 spiro atoms. The molecule has 2 N–H and O–H groups in total. The Balaban J connectivity index is 1.40. The zero-order valence-corrected chi connectivity index (χ0v) is 17.8. The lowest BCUT2D eigenvalue weighted by Gasteiger charge is -2.37. The van der Waals surface area contributed by atoms with Crippen LogP contribution in [0.15, 0.2) is 78.9 Å². The van der Waals surface area contributed by atoms with Crippen LogP contribution in [0.1, 0.15) is 39.9 Å². The van der Waals surface area contributed by atoms with E-state index in [4.69, 9.17) is 11.6 Å². The van der Waals surface area contributed by atoms with Crippen molar-refractivity contribution in [2.75, 3.05) is 10.6 Å². The molecule has 3 aromatic rings. The largest absolute Gasteiger partial charge is 0.378 e. The van der Waals surface area contributed by atoms with Crippen LogP contribution in [0.3, 0.4) is 0 Å². The fraction of sp³-hybridized carbons (Fsp3) is 0.160. The van der Waals surface area contributed by atoms with Gasteiger partial charge >= 0.3 is 0 Å². The second-order valence-electron chi connectivity index (χ2n) is 8.09. The van der Waals surface area contributed by atoms with E-state index in [1.54, 1.807) is 6.07 Å². The maximum absolute atomic E-state index is 12.8. The van der Waals surface area contributed by atoms with Gasteiger partial charge in [0.1, 0.15) is 0 Å². The number of non-ortho nitro benzene ring substituents is 1. The molecule has 1 heterocycles. The van der Waals surface area contributed by atoms with Gasteiger partial charge in [0.15, 0.2) is 0 Å². The predicted molar refractivity (Wildman–Crippen MR) is 125 cm³/mol. The van der Waals surface area contributed by atoms with E-state index in [1.165, 1.54) is 29.8 Å². The topological polar surface area (TPSA) is 84.3 Å². The van der Waals surface area contributed by atoms with Crippen LogP contribution in [-0.2, 0) is 0 Å². The number of carbonyl (C=O) groups is 1. The normalized spacial score (nSPS) is 20.7. The number of nitro benzene ring substituents is 1. The molecule has 7 heteroatoms. The Kier molecular flexibility index (Phi) is 5.15. The van der Waals surface area contributed by atoms with Gasteiger partial charge in [0.25, 0.3) is 11.6 Å². The lowest BCUT2D eigenvalue weighted by molar-refractivity contribution is -0.384. The number of allylic oxidation sites excluding steroid dienone is 2. The molecule has 0 aromatic heterocycles. The molecule has 0 radical (unpaired) electrons. The van der Waals surface area contributed by atoms with E-state index in [0.717, 1.165) is 22.7 Å². The number of rotatable bonds is 4. The Morgan fingerprint density at radius 1 is 1.06 bits per heavy atom. The lowest BCUT2D eigenvalue weighted by Crippen LogP contribution is -2.29. The molecule has 1 aliphatic heterocycles. The highest BCUT2D eigenvalue weighted by Gasteiger charge is 2.38. The monoisotopic (exact) mass is 445 g/mol. The summed E-state index contributed by atoms with van der Waals surface area (Å²) in [6, 6.07) is 19.6. The number of nitrogens with one attached hydrogen (secondary N) is 2. The fourth-order valence-corrected chi connectivity index (χ4v) is 4.73. The van der Waals surface area contributed by atoms with Gasteiger partial charge in [0.2, 0.25) is 0 Å². The van der Waals surface area contributed by atoms with Gasteiger partial charge in [-0.05, 0) is 65.9 Å². The summed E-state index contributed by atoms with van der Waals surface area (Å²) >= 11 is 6.07. The highest BCUT2D eigenvalue weighted by Crippen LogP contribution is 2.50. The van der Waals surface area contributed by atoms with Crippen LogP contribution in [0.5, 0.6) is 0 Å². The lowest BCUT2D eigenvalue weighted by atomic mass is 9.76. The maximum Gasteiger partial charge on any atom is 0.269 e. The number of nitro groups is 1. The fourth-order valence-electron chi connectivity index (χ4n) is 4.61. The highest BCUT2D eigenvalue weighted by molar-refractivity contribution is 6.30. The minimum Gasteiger partial charge on any atom is -0.378 e. The van der Waals surface area contributed by atoms with Gasteiger partial charge in [-0.1, -0.05) is 35.9 Å². The molecule has 0 saturated carbocycles. The van der Waals surface area contributed by atoms with Gasteiger partial charge in [0.05, 0.1) is 11.0 Å². The number of hydrogen-bond donors (Lipinski definition) is 2. The number of hydrogen-bond acceptors (Lipinski definition) is 4. The molecule has 1 aliphatic carbocycles. The van der Waals surface area contributed by atoms with E-state index in [1.807, 2.05) is 24.3 Å².